The van der Waals surface area contributed by atoms with Gasteiger partial charge in [-0.15, -0.1) is 0 Å². The Balaban J connectivity index is 2.09. The third kappa shape index (κ3) is 3.77. The number of non-ortho nitro benzene ring substituents is 1. The average Bonchev–Trinajstić information content (AvgIpc) is 2.43. The first kappa shape index (κ1) is 15.4. The molecule has 1 aliphatic rings. The Morgan fingerprint density at radius 1 is 1.45 bits per heavy atom. The topological polar surface area (TPSA) is 72.4 Å². The van der Waals surface area contributed by atoms with Gasteiger partial charge in [-0.3, -0.25) is 15.0 Å². The lowest BCUT2D eigenvalue weighted by Crippen LogP contribution is -2.40. The van der Waals surface area contributed by atoms with Crippen molar-refractivity contribution >= 4 is 21.6 Å². The second-order valence-corrected chi connectivity index (χ2v) is 6.08. The van der Waals surface area contributed by atoms with Gasteiger partial charge in [0.15, 0.2) is 0 Å². The van der Waals surface area contributed by atoms with Crippen molar-refractivity contribution < 1.29 is 4.92 Å². The van der Waals surface area contributed by atoms with Crippen LogP contribution in [0.25, 0.3) is 0 Å². The molecule has 1 unspecified atom stereocenters. The molecule has 0 radical (unpaired) electrons. The number of halogens is 1. The van der Waals surface area contributed by atoms with Crippen LogP contribution < -0.4 is 5.73 Å². The molecule has 20 heavy (non-hydrogen) atoms. The van der Waals surface area contributed by atoms with Gasteiger partial charge in [-0.2, -0.15) is 0 Å². The number of likely N-dealkylation sites (tertiary alicyclic amines) is 1. The van der Waals surface area contributed by atoms with E-state index in [2.05, 4.69) is 20.8 Å². The Morgan fingerprint density at radius 2 is 2.25 bits per heavy atom. The standard InChI is InChI=1S/C14H20BrN3O2/c15-14-9-13(18(19)20)5-4-11(14)10-17-8-2-1-3-12(17)6-7-16/h4-5,9,12H,1-3,6-8,10,16H2. The van der Waals surface area contributed by atoms with E-state index in [4.69, 9.17) is 5.73 Å². The van der Waals surface area contributed by atoms with Crippen molar-refractivity contribution in [2.75, 3.05) is 13.1 Å². The number of benzene rings is 1. The van der Waals surface area contributed by atoms with Crippen LogP contribution in [0.5, 0.6) is 0 Å². The van der Waals surface area contributed by atoms with Gasteiger partial charge in [0.1, 0.15) is 0 Å². The molecular weight excluding hydrogens is 322 g/mol. The highest BCUT2D eigenvalue weighted by Crippen LogP contribution is 2.27. The number of nitro groups is 1. The van der Waals surface area contributed by atoms with E-state index in [-0.39, 0.29) is 10.6 Å². The Morgan fingerprint density at radius 3 is 2.90 bits per heavy atom. The SMILES string of the molecule is NCCC1CCCCN1Cc1ccc([N+](=O)[O-])cc1Br. The minimum atomic E-state index is -0.368. The molecular formula is C14H20BrN3O2. The van der Waals surface area contributed by atoms with E-state index in [1.165, 1.54) is 19.3 Å². The van der Waals surface area contributed by atoms with Gasteiger partial charge in [0.05, 0.1) is 4.92 Å². The summed E-state index contributed by atoms with van der Waals surface area (Å²) in [7, 11) is 0. The predicted octanol–water partition coefficient (Wildman–Crippen LogP) is 3.06. The lowest BCUT2D eigenvalue weighted by Gasteiger charge is -2.35. The Labute approximate surface area is 127 Å². The van der Waals surface area contributed by atoms with Crippen LogP contribution in [0.2, 0.25) is 0 Å². The summed E-state index contributed by atoms with van der Waals surface area (Å²) >= 11 is 3.45. The second-order valence-electron chi connectivity index (χ2n) is 5.23. The molecule has 5 nitrogen and oxygen atoms in total. The lowest BCUT2D eigenvalue weighted by molar-refractivity contribution is -0.384. The number of nitrogens with zero attached hydrogens (tertiary/aromatic N) is 2. The molecule has 2 rings (SSSR count). The molecule has 0 spiro atoms. The Bertz CT molecular complexity index is 479. The van der Waals surface area contributed by atoms with Crippen molar-refractivity contribution in [2.45, 2.75) is 38.3 Å². The fourth-order valence-electron chi connectivity index (χ4n) is 2.78. The molecule has 1 aliphatic heterocycles. The molecule has 0 saturated carbocycles. The first-order chi connectivity index (χ1) is 9.61. The normalized spacial score (nSPS) is 20.0. The van der Waals surface area contributed by atoms with Gasteiger partial charge in [0.25, 0.3) is 5.69 Å². The monoisotopic (exact) mass is 341 g/mol. The summed E-state index contributed by atoms with van der Waals surface area (Å²) in [5.41, 5.74) is 6.91. The van der Waals surface area contributed by atoms with Gasteiger partial charge in [0, 0.05) is 29.2 Å². The van der Waals surface area contributed by atoms with Crippen LogP contribution >= 0.6 is 15.9 Å². The average molecular weight is 342 g/mol. The predicted molar refractivity (Wildman–Crippen MR) is 82.5 cm³/mol. The molecule has 1 fully saturated rings. The largest absolute Gasteiger partial charge is 0.330 e. The summed E-state index contributed by atoms with van der Waals surface area (Å²) < 4.78 is 0.809. The molecule has 110 valence electrons. The van der Waals surface area contributed by atoms with Crippen molar-refractivity contribution in [1.82, 2.24) is 4.90 Å². The number of hydrogen-bond acceptors (Lipinski definition) is 4. The molecule has 0 bridgehead atoms. The molecule has 1 saturated heterocycles. The van der Waals surface area contributed by atoms with Gasteiger partial charge in [0.2, 0.25) is 0 Å². The molecule has 1 atom stereocenters. The van der Waals surface area contributed by atoms with Crippen LogP contribution in [0.15, 0.2) is 22.7 Å². The molecule has 6 heteroatoms. The summed E-state index contributed by atoms with van der Waals surface area (Å²) in [5, 5.41) is 10.8. The van der Waals surface area contributed by atoms with Crippen LogP contribution in [0.4, 0.5) is 5.69 Å². The van der Waals surface area contributed by atoms with Crippen molar-refractivity contribution in [3.05, 3.63) is 38.3 Å². The molecule has 1 aromatic rings. The zero-order valence-electron chi connectivity index (χ0n) is 11.4. The maximum atomic E-state index is 10.8. The van der Waals surface area contributed by atoms with E-state index in [9.17, 15) is 10.1 Å². The van der Waals surface area contributed by atoms with Gasteiger partial charge in [-0.25, -0.2) is 0 Å². The van der Waals surface area contributed by atoms with E-state index in [1.54, 1.807) is 12.1 Å². The molecule has 1 aromatic carbocycles. The number of nitrogens with two attached hydrogens (primary N) is 1. The molecule has 2 N–H and O–H groups in total. The Kier molecular flexibility index (Phi) is 5.51. The van der Waals surface area contributed by atoms with Crippen molar-refractivity contribution in [1.29, 1.82) is 0 Å². The number of piperidine rings is 1. The number of rotatable bonds is 5. The lowest BCUT2D eigenvalue weighted by atomic mass is 9.98. The van der Waals surface area contributed by atoms with Crippen LogP contribution in [-0.2, 0) is 6.54 Å². The van der Waals surface area contributed by atoms with E-state index in [1.807, 2.05) is 6.07 Å². The summed E-state index contributed by atoms with van der Waals surface area (Å²) in [6, 6.07) is 5.53. The van der Waals surface area contributed by atoms with Gasteiger partial charge >= 0.3 is 0 Å². The quantitative estimate of drug-likeness (QED) is 0.659. The Hall–Kier alpha value is -0.980. The molecule has 0 aromatic heterocycles. The van der Waals surface area contributed by atoms with Crippen molar-refractivity contribution in [2.24, 2.45) is 5.73 Å². The van der Waals surface area contributed by atoms with Gasteiger partial charge in [-0.1, -0.05) is 22.4 Å². The van der Waals surface area contributed by atoms with Gasteiger partial charge < -0.3 is 5.73 Å². The minimum Gasteiger partial charge on any atom is -0.330 e. The van der Waals surface area contributed by atoms with Crippen LogP contribution in [0.1, 0.15) is 31.2 Å². The van der Waals surface area contributed by atoms with Crippen molar-refractivity contribution in [3.8, 4) is 0 Å². The summed E-state index contributed by atoms with van der Waals surface area (Å²) in [6.07, 6.45) is 4.70. The van der Waals surface area contributed by atoms with Crippen LogP contribution in [0.3, 0.4) is 0 Å². The van der Waals surface area contributed by atoms with E-state index >= 15 is 0 Å². The maximum absolute atomic E-state index is 10.8. The number of nitro benzene ring substituents is 1. The van der Waals surface area contributed by atoms with E-state index in [0.29, 0.717) is 12.6 Å². The summed E-state index contributed by atoms with van der Waals surface area (Å²) in [6.45, 7) is 2.61. The minimum absolute atomic E-state index is 0.123. The second kappa shape index (κ2) is 7.15. The van der Waals surface area contributed by atoms with Gasteiger partial charge in [-0.05, 0) is 44.0 Å². The zero-order chi connectivity index (χ0) is 14.5. The third-order valence-corrected chi connectivity index (χ3v) is 4.61. The van der Waals surface area contributed by atoms with Crippen molar-refractivity contribution in [3.63, 3.8) is 0 Å². The number of hydrogen-bond donors (Lipinski definition) is 1. The van der Waals surface area contributed by atoms with Crippen LogP contribution in [0, 0.1) is 10.1 Å². The highest BCUT2D eigenvalue weighted by molar-refractivity contribution is 9.10. The fraction of sp³-hybridized carbons (Fsp3) is 0.571. The highest BCUT2D eigenvalue weighted by Gasteiger charge is 2.22. The van der Waals surface area contributed by atoms with E-state index in [0.717, 1.165) is 29.5 Å². The molecule has 0 aliphatic carbocycles. The summed E-state index contributed by atoms with van der Waals surface area (Å²) in [4.78, 5) is 12.8. The fourth-order valence-corrected chi connectivity index (χ4v) is 3.28. The molecule has 0 amide bonds. The highest BCUT2D eigenvalue weighted by atomic mass is 79.9. The van der Waals surface area contributed by atoms with E-state index < -0.39 is 0 Å². The van der Waals surface area contributed by atoms with Crippen LogP contribution in [-0.4, -0.2) is 29.0 Å². The molecule has 1 heterocycles. The maximum Gasteiger partial charge on any atom is 0.270 e. The first-order valence-electron chi connectivity index (χ1n) is 6.98. The summed E-state index contributed by atoms with van der Waals surface area (Å²) in [5.74, 6) is 0. The third-order valence-electron chi connectivity index (χ3n) is 3.87. The smallest absolute Gasteiger partial charge is 0.270 e. The zero-order valence-corrected chi connectivity index (χ0v) is 13.0. The first-order valence-corrected chi connectivity index (χ1v) is 7.78.